The molecule has 0 aliphatic heterocycles. The molecule has 0 aliphatic carbocycles. The highest BCUT2D eigenvalue weighted by Gasteiger charge is 2.03. The lowest BCUT2D eigenvalue weighted by atomic mass is 10.3. The molecule has 0 aliphatic rings. The SMILES string of the molecule is CCc1cc2c(=O)[nH]ccc2o1. The molecule has 0 radical (unpaired) electrons. The molecule has 0 fully saturated rings. The monoisotopic (exact) mass is 163 g/mol. The van der Waals surface area contributed by atoms with Crippen molar-refractivity contribution in [3.05, 3.63) is 34.4 Å². The highest BCUT2D eigenvalue weighted by molar-refractivity contribution is 5.76. The average molecular weight is 163 g/mol. The second kappa shape index (κ2) is 2.52. The third kappa shape index (κ3) is 0.942. The molecular formula is C9H9NO2. The van der Waals surface area contributed by atoms with E-state index in [1.54, 1.807) is 18.3 Å². The lowest BCUT2D eigenvalue weighted by molar-refractivity contribution is 0.557. The summed E-state index contributed by atoms with van der Waals surface area (Å²) >= 11 is 0. The Morgan fingerprint density at radius 2 is 2.42 bits per heavy atom. The van der Waals surface area contributed by atoms with Crippen LogP contribution in [-0.2, 0) is 6.42 Å². The van der Waals surface area contributed by atoms with E-state index in [-0.39, 0.29) is 5.56 Å². The Kier molecular flexibility index (Phi) is 1.50. The molecule has 2 heterocycles. The molecule has 2 aromatic rings. The minimum atomic E-state index is -0.0871. The number of aromatic amines is 1. The molecule has 3 heteroatoms. The molecule has 0 aromatic carbocycles. The summed E-state index contributed by atoms with van der Waals surface area (Å²) in [7, 11) is 0. The van der Waals surface area contributed by atoms with Gasteiger partial charge in [0, 0.05) is 12.6 Å². The Balaban J connectivity index is 2.83. The second-order valence-corrected chi connectivity index (χ2v) is 2.65. The van der Waals surface area contributed by atoms with E-state index in [1.165, 1.54) is 0 Å². The van der Waals surface area contributed by atoms with Crippen molar-refractivity contribution < 1.29 is 4.42 Å². The van der Waals surface area contributed by atoms with E-state index in [4.69, 9.17) is 4.42 Å². The highest BCUT2D eigenvalue weighted by atomic mass is 16.3. The fourth-order valence-corrected chi connectivity index (χ4v) is 1.20. The minimum Gasteiger partial charge on any atom is -0.461 e. The van der Waals surface area contributed by atoms with Crippen LogP contribution in [0.4, 0.5) is 0 Å². The standard InChI is InChI=1S/C9H9NO2/c1-2-6-5-7-8(12-6)3-4-10-9(7)11/h3-5H,2H2,1H3,(H,10,11). The summed E-state index contributed by atoms with van der Waals surface area (Å²) < 4.78 is 5.38. The number of aryl methyl sites for hydroxylation is 1. The molecule has 1 N–H and O–H groups in total. The van der Waals surface area contributed by atoms with E-state index >= 15 is 0 Å². The van der Waals surface area contributed by atoms with Crippen molar-refractivity contribution in [2.45, 2.75) is 13.3 Å². The smallest absolute Gasteiger partial charge is 0.259 e. The number of furan rings is 1. The highest BCUT2D eigenvalue weighted by Crippen LogP contribution is 2.14. The van der Waals surface area contributed by atoms with Gasteiger partial charge in [0.2, 0.25) is 0 Å². The van der Waals surface area contributed by atoms with Crippen LogP contribution in [0.25, 0.3) is 11.0 Å². The summed E-state index contributed by atoms with van der Waals surface area (Å²) in [6.45, 7) is 1.99. The topological polar surface area (TPSA) is 46.0 Å². The van der Waals surface area contributed by atoms with Crippen molar-refractivity contribution in [2.75, 3.05) is 0 Å². The summed E-state index contributed by atoms with van der Waals surface area (Å²) in [5.41, 5.74) is 0.576. The van der Waals surface area contributed by atoms with Crippen LogP contribution in [0.3, 0.4) is 0 Å². The molecule has 3 nitrogen and oxygen atoms in total. The molecule has 0 unspecified atom stereocenters. The van der Waals surface area contributed by atoms with Crippen LogP contribution in [0.1, 0.15) is 12.7 Å². The number of fused-ring (bicyclic) bond motifs is 1. The normalized spacial score (nSPS) is 10.8. The fourth-order valence-electron chi connectivity index (χ4n) is 1.20. The van der Waals surface area contributed by atoms with E-state index in [9.17, 15) is 4.79 Å². The summed E-state index contributed by atoms with van der Waals surface area (Å²) in [6, 6.07) is 3.55. The van der Waals surface area contributed by atoms with E-state index in [1.807, 2.05) is 6.92 Å². The lowest BCUT2D eigenvalue weighted by Crippen LogP contribution is -2.01. The summed E-state index contributed by atoms with van der Waals surface area (Å²) in [6.07, 6.45) is 2.40. The quantitative estimate of drug-likeness (QED) is 0.695. The van der Waals surface area contributed by atoms with Gasteiger partial charge < -0.3 is 9.40 Å². The molecule has 0 saturated carbocycles. The average Bonchev–Trinajstić information content (AvgIpc) is 2.49. The van der Waals surface area contributed by atoms with Gasteiger partial charge in [0.1, 0.15) is 11.3 Å². The van der Waals surface area contributed by atoms with E-state index in [0.29, 0.717) is 11.0 Å². The van der Waals surface area contributed by atoms with Crippen LogP contribution in [0.5, 0.6) is 0 Å². The molecule has 0 saturated heterocycles. The number of hydrogen-bond acceptors (Lipinski definition) is 2. The summed E-state index contributed by atoms with van der Waals surface area (Å²) in [5.74, 6) is 0.849. The Morgan fingerprint density at radius 3 is 3.08 bits per heavy atom. The zero-order valence-corrected chi connectivity index (χ0v) is 6.76. The van der Waals surface area contributed by atoms with Gasteiger partial charge in [-0.3, -0.25) is 4.79 Å². The zero-order valence-electron chi connectivity index (χ0n) is 6.76. The van der Waals surface area contributed by atoms with Gasteiger partial charge in [-0.05, 0) is 12.1 Å². The number of aromatic nitrogens is 1. The zero-order chi connectivity index (χ0) is 8.55. The number of hydrogen-bond donors (Lipinski definition) is 1. The van der Waals surface area contributed by atoms with E-state index < -0.39 is 0 Å². The Morgan fingerprint density at radius 1 is 1.58 bits per heavy atom. The van der Waals surface area contributed by atoms with Crippen molar-refractivity contribution in [3.8, 4) is 0 Å². The van der Waals surface area contributed by atoms with Crippen molar-refractivity contribution in [1.82, 2.24) is 4.98 Å². The molecule has 62 valence electrons. The van der Waals surface area contributed by atoms with Gasteiger partial charge in [-0.25, -0.2) is 0 Å². The molecule has 0 amide bonds. The van der Waals surface area contributed by atoms with Crippen molar-refractivity contribution in [2.24, 2.45) is 0 Å². The maximum absolute atomic E-state index is 11.2. The number of rotatable bonds is 1. The van der Waals surface area contributed by atoms with Crippen molar-refractivity contribution in [1.29, 1.82) is 0 Å². The van der Waals surface area contributed by atoms with E-state index in [2.05, 4.69) is 4.98 Å². The molecule has 2 rings (SSSR count). The third-order valence-electron chi connectivity index (χ3n) is 1.85. The molecule has 12 heavy (non-hydrogen) atoms. The Hall–Kier alpha value is -1.51. The van der Waals surface area contributed by atoms with Crippen LogP contribution < -0.4 is 5.56 Å². The lowest BCUT2D eigenvalue weighted by Gasteiger charge is -1.84. The Bertz CT molecular complexity index is 453. The first-order valence-corrected chi connectivity index (χ1v) is 3.91. The molecular weight excluding hydrogens is 154 g/mol. The Labute approximate surface area is 69.0 Å². The fraction of sp³-hybridized carbons (Fsp3) is 0.222. The number of H-pyrrole nitrogens is 1. The first-order chi connectivity index (χ1) is 5.81. The van der Waals surface area contributed by atoms with Crippen LogP contribution in [0.15, 0.2) is 27.5 Å². The van der Waals surface area contributed by atoms with Gasteiger partial charge in [0.25, 0.3) is 5.56 Å². The first kappa shape index (κ1) is 7.16. The first-order valence-electron chi connectivity index (χ1n) is 3.91. The van der Waals surface area contributed by atoms with Crippen molar-refractivity contribution in [3.63, 3.8) is 0 Å². The molecule has 0 spiro atoms. The summed E-state index contributed by atoms with van der Waals surface area (Å²) in [4.78, 5) is 13.8. The summed E-state index contributed by atoms with van der Waals surface area (Å²) in [5, 5.41) is 0.634. The predicted molar refractivity (Wildman–Crippen MR) is 46.2 cm³/mol. The molecule has 2 aromatic heterocycles. The largest absolute Gasteiger partial charge is 0.461 e. The van der Waals surface area contributed by atoms with Gasteiger partial charge in [-0.1, -0.05) is 6.92 Å². The van der Waals surface area contributed by atoms with Gasteiger partial charge in [-0.15, -0.1) is 0 Å². The van der Waals surface area contributed by atoms with Crippen molar-refractivity contribution >= 4 is 11.0 Å². The van der Waals surface area contributed by atoms with Gasteiger partial charge in [0.15, 0.2) is 0 Å². The van der Waals surface area contributed by atoms with E-state index in [0.717, 1.165) is 12.2 Å². The predicted octanol–water partition coefficient (Wildman–Crippen LogP) is 1.68. The number of nitrogens with one attached hydrogen (secondary N) is 1. The number of pyridine rings is 1. The van der Waals surface area contributed by atoms with Gasteiger partial charge in [-0.2, -0.15) is 0 Å². The maximum atomic E-state index is 11.2. The van der Waals surface area contributed by atoms with Crippen LogP contribution >= 0.6 is 0 Å². The van der Waals surface area contributed by atoms with Crippen LogP contribution in [0, 0.1) is 0 Å². The molecule has 0 bridgehead atoms. The van der Waals surface area contributed by atoms with Crippen LogP contribution in [-0.4, -0.2) is 4.98 Å². The minimum absolute atomic E-state index is 0.0871. The van der Waals surface area contributed by atoms with Crippen LogP contribution in [0.2, 0.25) is 0 Å². The van der Waals surface area contributed by atoms with Gasteiger partial charge >= 0.3 is 0 Å². The van der Waals surface area contributed by atoms with Gasteiger partial charge in [0.05, 0.1) is 5.39 Å². The maximum Gasteiger partial charge on any atom is 0.259 e. The second-order valence-electron chi connectivity index (χ2n) is 2.65. The third-order valence-corrected chi connectivity index (χ3v) is 1.85. The molecule has 0 atom stereocenters.